The van der Waals surface area contributed by atoms with E-state index < -0.39 is 0 Å². The molecule has 0 bridgehead atoms. The molecule has 1 amide bonds. The topological polar surface area (TPSA) is 83.6 Å². The smallest absolute Gasteiger partial charge is 0.233 e. The number of hydrogen-bond acceptors (Lipinski definition) is 5. The van der Waals surface area contributed by atoms with E-state index in [9.17, 15) is 4.79 Å². The number of carbonyl (C=O) groups excluding carboxylic acids is 1. The molecule has 142 valence electrons. The molecule has 0 saturated carbocycles. The van der Waals surface area contributed by atoms with Gasteiger partial charge < -0.3 is 10.3 Å². The van der Waals surface area contributed by atoms with E-state index in [4.69, 9.17) is 0 Å². The lowest BCUT2D eigenvalue weighted by Gasteiger charge is -2.15. The van der Waals surface area contributed by atoms with Crippen LogP contribution in [0.15, 0.2) is 59.8 Å². The fourth-order valence-corrected chi connectivity index (χ4v) is 3.80. The van der Waals surface area contributed by atoms with Crippen molar-refractivity contribution in [2.45, 2.75) is 30.2 Å². The van der Waals surface area contributed by atoms with Crippen LogP contribution in [0.25, 0.3) is 22.1 Å². The quantitative estimate of drug-likeness (QED) is 0.487. The number of nitrogens with one attached hydrogen (secondary N) is 2. The first-order valence-electron chi connectivity index (χ1n) is 9.22. The number of hydrogen-bond donors (Lipinski definition) is 2. The van der Waals surface area contributed by atoms with E-state index in [1.165, 1.54) is 17.3 Å². The van der Waals surface area contributed by atoms with Gasteiger partial charge >= 0.3 is 0 Å². The maximum atomic E-state index is 12.5. The third kappa shape index (κ3) is 3.84. The van der Waals surface area contributed by atoms with Crippen molar-refractivity contribution in [1.82, 2.24) is 25.5 Å². The molecule has 0 radical (unpaired) electrons. The molecule has 2 atom stereocenters. The van der Waals surface area contributed by atoms with E-state index in [-0.39, 0.29) is 17.1 Å². The van der Waals surface area contributed by atoms with Gasteiger partial charge in [-0.25, -0.2) is 4.98 Å². The average molecular weight is 392 g/mol. The Hall–Kier alpha value is -2.93. The van der Waals surface area contributed by atoms with Gasteiger partial charge in [0.05, 0.1) is 5.25 Å². The number of thioether (sulfide) groups is 1. The Labute approximate surface area is 167 Å². The van der Waals surface area contributed by atoms with Crippen molar-refractivity contribution < 1.29 is 4.79 Å². The third-order valence-electron chi connectivity index (χ3n) is 4.71. The summed E-state index contributed by atoms with van der Waals surface area (Å²) in [7, 11) is 0. The summed E-state index contributed by atoms with van der Waals surface area (Å²) >= 11 is 1.31. The first-order valence-corrected chi connectivity index (χ1v) is 10.1. The van der Waals surface area contributed by atoms with Crippen molar-refractivity contribution in [1.29, 1.82) is 0 Å². The molecule has 0 aliphatic heterocycles. The van der Waals surface area contributed by atoms with Crippen LogP contribution < -0.4 is 5.32 Å². The number of aromatic nitrogens is 4. The largest absolute Gasteiger partial charge is 0.355 e. The van der Waals surface area contributed by atoms with Gasteiger partial charge in [0.25, 0.3) is 0 Å². The molecule has 2 heterocycles. The summed E-state index contributed by atoms with van der Waals surface area (Å²) in [6, 6.07) is 18.1. The normalized spacial score (nSPS) is 13.5. The molecule has 4 rings (SSSR count). The molecule has 0 aliphatic rings. The molecule has 6 nitrogen and oxygen atoms in total. The van der Waals surface area contributed by atoms with Gasteiger partial charge in [-0.3, -0.25) is 4.79 Å². The van der Waals surface area contributed by atoms with Gasteiger partial charge in [-0.1, -0.05) is 67.2 Å². The van der Waals surface area contributed by atoms with Gasteiger partial charge in [0.2, 0.25) is 11.1 Å². The lowest BCUT2D eigenvalue weighted by Crippen LogP contribution is -2.33. The molecule has 4 aromatic rings. The maximum absolute atomic E-state index is 12.5. The molecule has 0 fully saturated rings. The van der Waals surface area contributed by atoms with Crippen molar-refractivity contribution in [3.63, 3.8) is 0 Å². The minimum absolute atomic E-state index is 0.0341. The predicted molar refractivity (Wildman–Crippen MR) is 112 cm³/mol. The van der Waals surface area contributed by atoms with E-state index in [1.54, 1.807) is 0 Å². The number of nitrogens with zero attached hydrogens (tertiary/aromatic N) is 3. The number of rotatable bonds is 6. The third-order valence-corrected chi connectivity index (χ3v) is 5.66. The fraction of sp³-hybridized carbons (Fsp3) is 0.238. The average Bonchev–Trinajstić information content (AvgIpc) is 3.10. The number of fused-ring (bicyclic) bond motifs is 3. The lowest BCUT2D eigenvalue weighted by molar-refractivity contribution is -0.120. The number of amides is 1. The summed E-state index contributed by atoms with van der Waals surface area (Å²) in [5.74, 6) is 0.219. The summed E-state index contributed by atoms with van der Waals surface area (Å²) in [6.45, 7) is 4.55. The maximum Gasteiger partial charge on any atom is 0.233 e. The predicted octanol–water partition coefficient (Wildman–Crippen LogP) is 3.91. The van der Waals surface area contributed by atoms with Crippen LogP contribution in [-0.4, -0.2) is 37.9 Å². The zero-order chi connectivity index (χ0) is 19.5. The zero-order valence-electron chi connectivity index (χ0n) is 15.7. The summed E-state index contributed by atoms with van der Waals surface area (Å²) < 4.78 is 0. The highest BCUT2D eigenvalue weighted by atomic mass is 32.2. The second-order valence-electron chi connectivity index (χ2n) is 6.78. The van der Waals surface area contributed by atoms with E-state index in [2.05, 4.69) is 44.5 Å². The summed E-state index contributed by atoms with van der Waals surface area (Å²) in [4.78, 5) is 20.3. The molecule has 0 aliphatic carbocycles. The van der Waals surface area contributed by atoms with Crippen LogP contribution in [0.4, 0.5) is 0 Å². The Kier molecular flexibility index (Phi) is 5.25. The highest BCUT2D eigenvalue weighted by Gasteiger charge is 2.18. The SMILES string of the molecule is C[C@H](Sc1nnc2c(n1)[nH]c1ccccc12)C(=O)NC[C@H](C)c1ccccc1. The van der Waals surface area contributed by atoms with E-state index in [0.717, 1.165) is 16.4 Å². The highest BCUT2D eigenvalue weighted by molar-refractivity contribution is 8.00. The molecule has 2 aromatic carbocycles. The Balaban J connectivity index is 1.40. The van der Waals surface area contributed by atoms with Crippen LogP contribution in [0.1, 0.15) is 25.3 Å². The monoisotopic (exact) mass is 391 g/mol. The van der Waals surface area contributed by atoms with Gasteiger partial charge in [-0.15, -0.1) is 10.2 Å². The fourth-order valence-electron chi connectivity index (χ4n) is 3.06. The second-order valence-corrected chi connectivity index (χ2v) is 8.09. The van der Waals surface area contributed by atoms with Crippen LogP contribution in [-0.2, 0) is 4.79 Å². The zero-order valence-corrected chi connectivity index (χ0v) is 16.5. The van der Waals surface area contributed by atoms with Crippen molar-refractivity contribution >= 4 is 39.7 Å². The molecule has 2 aromatic heterocycles. The van der Waals surface area contributed by atoms with Crippen LogP contribution in [0.3, 0.4) is 0 Å². The standard InChI is InChI=1S/C21H21N5OS/c1-13(15-8-4-3-5-9-15)12-22-20(27)14(2)28-21-24-19-18(25-26-21)16-10-6-7-11-17(16)23-19/h3-11,13-14H,12H2,1-2H3,(H,22,27)(H,23,24,26)/t13-,14-/m0/s1. The van der Waals surface area contributed by atoms with Crippen molar-refractivity contribution in [2.24, 2.45) is 0 Å². The molecular formula is C21H21N5OS. The number of H-pyrrole nitrogens is 1. The first kappa shape index (κ1) is 18.4. The molecule has 28 heavy (non-hydrogen) atoms. The molecule has 7 heteroatoms. The molecule has 2 N–H and O–H groups in total. The van der Waals surface area contributed by atoms with Crippen LogP contribution >= 0.6 is 11.8 Å². The molecule has 0 spiro atoms. The van der Waals surface area contributed by atoms with E-state index in [0.29, 0.717) is 17.3 Å². The molecular weight excluding hydrogens is 370 g/mol. The van der Waals surface area contributed by atoms with Gasteiger partial charge in [0.15, 0.2) is 5.65 Å². The molecule has 0 saturated heterocycles. The minimum atomic E-state index is -0.313. The Morgan fingerprint density at radius 2 is 1.82 bits per heavy atom. The summed E-state index contributed by atoms with van der Waals surface area (Å²) in [6.07, 6.45) is 0. The number of para-hydroxylation sites is 1. The van der Waals surface area contributed by atoms with Crippen LogP contribution in [0.2, 0.25) is 0 Å². The lowest BCUT2D eigenvalue weighted by atomic mass is 10.0. The summed E-state index contributed by atoms with van der Waals surface area (Å²) in [5.41, 5.74) is 3.61. The van der Waals surface area contributed by atoms with Gasteiger partial charge in [0.1, 0.15) is 5.52 Å². The van der Waals surface area contributed by atoms with Gasteiger partial charge in [0, 0.05) is 17.4 Å². The molecule has 0 unspecified atom stereocenters. The van der Waals surface area contributed by atoms with Crippen molar-refractivity contribution in [3.05, 3.63) is 60.2 Å². The first-order chi connectivity index (χ1) is 13.6. The van der Waals surface area contributed by atoms with Gasteiger partial charge in [-0.05, 0) is 24.5 Å². The number of carbonyl (C=O) groups is 1. The van der Waals surface area contributed by atoms with Crippen LogP contribution in [0, 0.1) is 0 Å². The van der Waals surface area contributed by atoms with Crippen LogP contribution in [0.5, 0.6) is 0 Å². The number of benzene rings is 2. The minimum Gasteiger partial charge on any atom is -0.355 e. The Bertz CT molecular complexity index is 1110. The second kappa shape index (κ2) is 7.98. The highest BCUT2D eigenvalue weighted by Crippen LogP contribution is 2.25. The number of aromatic amines is 1. The Morgan fingerprint density at radius 1 is 1.07 bits per heavy atom. The summed E-state index contributed by atoms with van der Waals surface area (Å²) in [5, 5.41) is 12.7. The van der Waals surface area contributed by atoms with Crippen molar-refractivity contribution in [3.8, 4) is 0 Å². The van der Waals surface area contributed by atoms with E-state index in [1.807, 2.05) is 49.4 Å². The Morgan fingerprint density at radius 3 is 2.64 bits per heavy atom. The van der Waals surface area contributed by atoms with Crippen molar-refractivity contribution in [2.75, 3.05) is 6.54 Å². The van der Waals surface area contributed by atoms with Gasteiger partial charge in [-0.2, -0.15) is 0 Å². The van der Waals surface area contributed by atoms with E-state index >= 15 is 0 Å².